The first-order valence-corrected chi connectivity index (χ1v) is 10.2. The Kier molecular flexibility index (Phi) is 11.7. The lowest BCUT2D eigenvalue weighted by Crippen LogP contribution is -2.49. The highest BCUT2D eigenvalue weighted by Gasteiger charge is 2.24. The fourth-order valence-corrected chi connectivity index (χ4v) is 3.18. The summed E-state index contributed by atoms with van der Waals surface area (Å²) >= 11 is 0. The van der Waals surface area contributed by atoms with E-state index in [0.29, 0.717) is 6.54 Å². The summed E-state index contributed by atoms with van der Waals surface area (Å²) in [6.07, 6.45) is 3.69. The highest BCUT2D eigenvalue weighted by atomic mass is 127. The molecule has 0 radical (unpaired) electrons. The van der Waals surface area contributed by atoms with Crippen molar-refractivity contribution in [2.24, 2.45) is 10.4 Å². The van der Waals surface area contributed by atoms with Crippen LogP contribution in [-0.4, -0.2) is 86.4 Å². The predicted molar refractivity (Wildman–Crippen MR) is 130 cm³/mol. The van der Waals surface area contributed by atoms with Gasteiger partial charge < -0.3 is 20.3 Å². The molecule has 0 aliphatic carbocycles. The molecule has 0 bridgehead atoms. The maximum Gasteiger partial charge on any atom is 0.225 e. The number of ether oxygens (including phenoxy) is 1. The van der Waals surface area contributed by atoms with Crippen molar-refractivity contribution in [1.82, 2.24) is 25.5 Å². The summed E-state index contributed by atoms with van der Waals surface area (Å²) in [7, 11) is 1.76. The first-order chi connectivity index (χ1) is 13.4. The summed E-state index contributed by atoms with van der Waals surface area (Å²) in [5.41, 5.74) is 0.0672. The van der Waals surface area contributed by atoms with Gasteiger partial charge >= 0.3 is 0 Å². The van der Waals surface area contributed by atoms with Crippen LogP contribution in [0.3, 0.4) is 0 Å². The van der Waals surface area contributed by atoms with Gasteiger partial charge in [-0.1, -0.05) is 20.8 Å². The van der Waals surface area contributed by atoms with Gasteiger partial charge in [0.05, 0.1) is 12.6 Å². The molecular formula is C20H38IN7O. The Bertz CT molecular complexity index is 586. The van der Waals surface area contributed by atoms with Gasteiger partial charge in [-0.25, -0.2) is 9.97 Å². The number of aliphatic imine (C=N–C) groups is 1. The van der Waals surface area contributed by atoms with Crippen LogP contribution in [0, 0.1) is 5.41 Å². The van der Waals surface area contributed by atoms with Crippen LogP contribution < -0.4 is 15.5 Å². The standard InChI is InChI=1S/C20H37N7O.HI/c1-6-21-18(25-16-17(28-5)20(2,3)4)22-10-11-26-12-14-27(15-13-26)19-23-8-7-9-24-19;/h7-9,17H,6,10-16H2,1-5H3,(H2,21,22,25);1H. The Morgan fingerprint density at radius 3 is 2.38 bits per heavy atom. The van der Waals surface area contributed by atoms with Crippen molar-refractivity contribution in [3.63, 3.8) is 0 Å². The van der Waals surface area contributed by atoms with E-state index in [1.807, 2.05) is 6.07 Å². The summed E-state index contributed by atoms with van der Waals surface area (Å²) in [5.74, 6) is 1.68. The second-order valence-corrected chi connectivity index (χ2v) is 8.11. The average Bonchev–Trinajstić information content (AvgIpc) is 2.68. The minimum atomic E-state index is 0. The number of methoxy groups -OCH3 is 1. The summed E-state index contributed by atoms with van der Waals surface area (Å²) in [4.78, 5) is 18.1. The van der Waals surface area contributed by atoms with E-state index in [1.165, 1.54) is 0 Å². The molecule has 1 atom stereocenters. The molecule has 0 aromatic carbocycles. The van der Waals surface area contributed by atoms with Gasteiger partial charge in [-0.3, -0.25) is 9.89 Å². The molecule has 166 valence electrons. The second kappa shape index (κ2) is 13.2. The normalized spacial score (nSPS) is 16.9. The Labute approximate surface area is 192 Å². The first-order valence-electron chi connectivity index (χ1n) is 10.2. The zero-order valence-electron chi connectivity index (χ0n) is 18.5. The van der Waals surface area contributed by atoms with Gasteiger partial charge in [-0.05, 0) is 18.4 Å². The number of rotatable bonds is 8. The summed E-state index contributed by atoms with van der Waals surface area (Å²) in [5, 5.41) is 6.76. The van der Waals surface area contributed by atoms with Crippen molar-refractivity contribution in [2.45, 2.75) is 33.8 Å². The fourth-order valence-electron chi connectivity index (χ4n) is 3.18. The van der Waals surface area contributed by atoms with E-state index in [1.54, 1.807) is 19.5 Å². The number of piperazine rings is 1. The number of aromatic nitrogens is 2. The molecule has 0 spiro atoms. The van der Waals surface area contributed by atoms with E-state index in [0.717, 1.165) is 57.7 Å². The Balaban J connectivity index is 0.00000420. The van der Waals surface area contributed by atoms with Crippen molar-refractivity contribution < 1.29 is 4.74 Å². The molecule has 0 amide bonds. The second-order valence-electron chi connectivity index (χ2n) is 8.11. The van der Waals surface area contributed by atoms with Crippen molar-refractivity contribution in [3.05, 3.63) is 18.5 Å². The summed E-state index contributed by atoms with van der Waals surface area (Å²) in [6, 6.07) is 1.85. The van der Waals surface area contributed by atoms with Crippen LogP contribution in [0.4, 0.5) is 5.95 Å². The predicted octanol–water partition coefficient (Wildman–Crippen LogP) is 1.83. The highest BCUT2D eigenvalue weighted by Crippen LogP contribution is 2.21. The van der Waals surface area contributed by atoms with Gasteiger partial charge in [0.15, 0.2) is 5.96 Å². The van der Waals surface area contributed by atoms with Crippen LogP contribution in [0.1, 0.15) is 27.7 Å². The van der Waals surface area contributed by atoms with Crippen LogP contribution in [-0.2, 0) is 4.74 Å². The molecule has 1 saturated heterocycles. The molecule has 1 unspecified atom stereocenters. The van der Waals surface area contributed by atoms with E-state index in [2.05, 4.69) is 58.1 Å². The zero-order chi connectivity index (χ0) is 20.4. The van der Waals surface area contributed by atoms with Crippen LogP contribution in [0.25, 0.3) is 0 Å². The number of nitrogens with zero attached hydrogens (tertiary/aromatic N) is 5. The molecule has 2 rings (SSSR count). The molecule has 9 heteroatoms. The van der Waals surface area contributed by atoms with Crippen molar-refractivity contribution in [2.75, 3.05) is 64.4 Å². The van der Waals surface area contributed by atoms with Crippen molar-refractivity contribution >= 4 is 35.9 Å². The Hall–Kier alpha value is -1.20. The van der Waals surface area contributed by atoms with Crippen molar-refractivity contribution in [3.8, 4) is 0 Å². The van der Waals surface area contributed by atoms with Gasteiger partial charge in [-0.2, -0.15) is 0 Å². The third-order valence-corrected chi connectivity index (χ3v) is 4.94. The number of anilines is 1. The van der Waals surface area contributed by atoms with Crippen molar-refractivity contribution in [1.29, 1.82) is 0 Å². The molecule has 2 N–H and O–H groups in total. The average molecular weight is 519 g/mol. The largest absolute Gasteiger partial charge is 0.379 e. The summed E-state index contributed by atoms with van der Waals surface area (Å²) < 4.78 is 5.60. The molecule has 1 aromatic heterocycles. The fraction of sp³-hybridized carbons (Fsp3) is 0.750. The van der Waals surface area contributed by atoms with E-state index in [-0.39, 0.29) is 35.5 Å². The van der Waals surface area contributed by atoms with Crippen LogP contribution in [0.5, 0.6) is 0 Å². The third-order valence-electron chi connectivity index (χ3n) is 4.94. The van der Waals surface area contributed by atoms with Gasteiger partial charge in [0.25, 0.3) is 0 Å². The number of hydrogen-bond acceptors (Lipinski definition) is 6. The molecule has 8 nitrogen and oxygen atoms in total. The van der Waals surface area contributed by atoms with Crippen LogP contribution in [0.2, 0.25) is 0 Å². The van der Waals surface area contributed by atoms with Crippen LogP contribution in [0.15, 0.2) is 23.5 Å². The number of hydrogen-bond donors (Lipinski definition) is 2. The minimum Gasteiger partial charge on any atom is -0.379 e. The lowest BCUT2D eigenvalue weighted by atomic mass is 9.89. The zero-order valence-corrected chi connectivity index (χ0v) is 20.8. The molecule has 1 aliphatic heterocycles. The monoisotopic (exact) mass is 519 g/mol. The molecule has 2 heterocycles. The van der Waals surface area contributed by atoms with Gasteiger partial charge in [-0.15, -0.1) is 24.0 Å². The van der Waals surface area contributed by atoms with E-state index in [9.17, 15) is 0 Å². The number of guanidine groups is 1. The summed E-state index contributed by atoms with van der Waals surface area (Å²) in [6.45, 7) is 15.9. The maximum atomic E-state index is 5.60. The lowest BCUT2D eigenvalue weighted by Gasteiger charge is -2.34. The van der Waals surface area contributed by atoms with Crippen LogP contribution >= 0.6 is 24.0 Å². The molecule has 0 saturated carbocycles. The SMILES string of the molecule is CCNC(=NCC(OC)C(C)(C)C)NCCN1CCN(c2ncccn2)CC1.I. The third kappa shape index (κ3) is 9.00. The van der Waals surface area contributed by atoms with Gasteiger partial charge in [0.2, 0.25) is 5.95 Å². The van der Waals surface area contributed by atoms with E-state index < -0.39 is 0 Å². The number of halogens is 1. The lowest BCUT2D eigenvalue weighted by molar-refractivity contribution is 0.0241. The first kappa shape index (κ1) is 25.8. The smallest absolute Gasteiger partial charge is 0.225 e. The van der Waals surface area contributed by atoms with Gasteiger partial charge in [0, 0.05) is 65.3 Å². The Morgan fingerprint density at radius 1 is 1.17 bits per heavy atom. The maximum absolute atomic E-state index is 5.60. The minimum absolute atomic E-state index is 0. The topological polar surface area (TPSA) is 77.9 Å². The Morgan fingerprint density at radius 2 is 1.83 bits per heavy atom. The molecule has 29 heavy (non-hydrogen) atoms. The van der Waals surface area contributed by atoms with Gasteiger partial charge in [0.1, 0.15) is 0 Å². The molecule has 1 aliphatic rings. The molecule has 1 aromatic rings. The quantitative estimate of drug-likeness (QED) is 0.308. The number of nitrogens with one attached hydrogen (secondary N) is 2. The highest BCUT2D eigenvalue weighted by molar-refractivity contribution is 14.0. The molecular weight excluding hydrogens is 481 g/mol. The van der Waals surface area contributed by atoms with E-state index in [4.69, 9.17) is 9.73 Å². The molecule has 1 fully saturated rings. The van der Waals surface area contributed by atoms with E-state index >= 15 is 0 Å².